The van der Waals surface area contributed by atoms with E-state index in [1.54, 1.807) is 0 Å². The second kappa shape index (κ2) is 2.92. The van der Waals surface area contributed by atoms with Crippen LogP contribution in [-0.4, -0.2) is 14.9 Å². The summed E-state index contributed by atoms with van der Waals surface area (Å²) < 4.78 is 1.41. The number of rotatable bonds is 1. The summed E-state index contributed by atoms with van der Waals surface area (Å²) in [7, 11) is 0. The zero-order chi connectivity index (χ0) is 10.2. The number of hydrogen-bond donors (Lipinski definition) is 3. The number of nitrogens with one attached hydrogen (secondary N) is 1. The van der Waals surface area contributed by atoms with Gasteiger partial charge < -0.3 is 10.8 Å². The van der Waals surface area contributed by atoms with Crippen molar-refractivity contribution in [2.75, 3.05) is 0 Å². The van der Waals surface area contributed by atoms with Crippen LogP contribution < -0.4 is 11.3 Å². The van der Waals surface area contributed by atoms with Crippen molar-refractivity contribution in [1.29, 1.82) is 0 Å². The first-order valence-electron chi connectivity index (χ1n) is 4.11. The van der Waals surface area contributed by atoms with Gasteiger partial charge in [-0.3, -0.25) is 9.89 Å². The lowest BCUT2D eigenvalue weighted by molar-refractivity contribution is 0.292. The highest BCUT2D eigenvalue weighted by molar-refractivity contribution is 5.23. The van der Waals surface area contributed by atoms with Gasteiger partial charge in [0, 0.05) is 6.54 Å². The Morgan fingerprint density at radius 1 is 1.54 bits per heavy atom. The summed E-state index contributed by atoms with van der Waals surface area (Å²) in [6, 6.07) is 0. The highest BCUT2D eigenvalue weighted by Gasteiger charge is 2.21. The van der Waals surface area contributed by atoms with E-state index in [9.17, 15) is 9.90 Å². The van der Waals surface area contributed by atoms with Gasteiger partial charge >= 0.3 is 0 Å². The second-order valence-electron chi connectivity index (χ2n) is 3.95. The summed E-state index contributed by atoms with van der Waals surface area (Å²) in [5.41, 5.74) is 4.87. The molecule has 0 radical (unpaired) electrons. The van der Waals surface area contributed by atoms with Gasteiger partial charge in [-0.25, -0.2) is 4.68 Å². The molecule has 0 atom stereocenters. The predicted molar refractivity (Wildman–Crippen MR) is 49.6 cm³/mol. The number of aromatic hydroxyl groups is 1. The Morgan fingerprint density at radius 3 is 2.31 bits per heavy atom. The Bertz CT molecular complexity index is 356. The average molecular weight is 185 g/mol. The smallest absolute Gasteiger partial charge is 0.272 e. The van der Waals surface area contributed by atoms with E-state index >= 15 is 0 Å². The lowest BCUT2D eigenvalue weighted by atomic mass is 10.1. The molecule has 0 amide bonds. The minimum atomic E-state index is -0.351. The minimum Gasteiger partial charge on any atom is -0.493 e. The molecule has 0 fully saturated rings. The lowest BCUT2D eigenvalue weighted by Crippen LogP contribution is -2.24. The molecule has 1 aromatic rings. The first-order valence-corrected chi connectivity index (χ1v) is 4.11. The number of nitrogens with two attached hydrogens (primary N) is 1. The third-order valence-electron chi connectivity index (χ3n) is 1.84. The van der Waals surface area contributed by atoms with Crippen LogP contribution in [0.4, 0.5) is 0 Å². The van der Waals surface area contributed by atoms with E-state index < -0.39 is 0 Å². The van der Waals surface area contributed by atoms with E-state index in [2.05, 4.69) is 5.10 Å². The Balaban J connectivity index is 3.35. The van der Waals surface area contributed by atoms with Gasteiger partial charge in [-0.2, -0.15) is 0 Å². The summed E-state index contributed by atoms with van der Waals surface area (Å²) in [5.74, 6) is -0.0694. The van der Waals surface area contributed by atoms with Crippen LogP contribution in [0.3, 0.4) is 0 Å². The van der Waals surface area contributed by atoms with Gasteiger partial charge in [-0.05, 0) is 20.8 Å². The number of aromatic nitrogens is 2. The average Bonchev–Trinajstić information content (AvgIpc) is 2.25. The van der Waals surface area contributed by atoms with Crippen molar-refractivity contribution in [3.05, 3.63) is 15.9 Å². The van der Waals surface area contributed by atoms with Crippen LogP contribution in [0.2, 0.25) is 0 Å². The van der Waals surface area contributed by atoms with Crippen LogP contribution in [-0.2, 0) is 12.1 Å². The van der Waals surface area contributed by atoms with Gasteiger partial charge in [-0.15, -0.1) is 0 Å². The Hall–Kier alpha value is -1.23. The molecule has 0 aliphatic heterocycles. The van der Waals surface area contributed by atoms with Crippen molar-refractivity contribution in [1.82, 2.24) is 9.78 Å². The van der Waals surface area contributed by atoms with Gasteiger partial charge in [0.1, 0.15) is 0 Å². The van der Waals surface area contributed by atoms with E-state index in [0.717, 1.165) is 0 Å². The maximum atomic E-state index is 11.2. The topological polar surface area (TPSA) is 84.0 Å². The van der Waals surface area contributed by atoms with Crippen molar-refractivity contribution >= 4 is 0 Å². The number of nitrogens with zero attached hydrogens (tertiary/aromatic N) is 1. The van der Waals surface area contributed by atoms with Gasteiger partial charge in [0.05, 0.1) is 11.1 Å². The van der Waals surface area contributed by atoms with Crippen LogP contribution in [0.5, 0.6) is 5.88 Å². The van der Waals surface area contributed by atoms with E-state index in [1.807, 2.05) is 20.8 Å². The second-order valence-corrected chi connectivity index (χ2v) is 3.95. The molecule has 0 saturated carbocycles. The number of hydrogen-bond acceptors (Lipinski definition) is 3. The summed E-state index contributed by atoms with van der Waals surface area (Å²) >= 11 is 0. The molecule has 1 heterocycles. The van der Waals surface area contributed by atoms with Gasteiger partial charge in [0.2, 0.25) is 5.88 Å². The molecule has 4 N–H and O–H groups in total. The van der Waals surface area contributed by atoms with Crippen molar-refractivity contribution in [3.63, 3.8) is 0 Å². The fraction of sp³-hybridized carbons (Fsp3) is 0.625. The van der Waals surface area contributed by atoms with E-state index in [0.29, 0.717) is 0 Å². The molecule has 0 aromatic carbocycles. The third kappa shape index (κ3) is 1.60. The van der Waals surface area contributed by atoms with Crippen LogP contribution >= 0.6 is 0 Å². The van der Waals surface area contributed by atoms with Gasteiger partial charge in [0.15, 0.2) is 0 Å². The lowest BCUT2D eigenvalue weighted by Gasteiger charge is -2.20. The molecule has 13 heavy (non-hydrogen) atoms. The van der Waals surface area contributed by atoms with Crippen LogP contribution in [0, 0.1) is 0 Å². The van der Waals surface area contributed by atoms with Crippen molar-refractivity contribution in [3.8, 4) is 5.88 Å². The molecule has 0 saturated heterocycles. The fourth-order valence-electron chi connectivity index (χ4n) is 1.13. The molecule has 0 bridgehead atoms. The summed E-state index contributed by atoms with van der Waals surface area (Å²) in [6.45, 7) is 5.68. The van der Waals surface area contributed by atoms with Crippen molar-refractivity contribution < 1.29 is 5.11 Å². The minimum absolute atomic E-state index is 0.0459. The molecule has 74 valence electrons. The van der Waals surface area contributed by atoms with Crippen LogP contribution in [0.15, 0.2) is 4.79 Å². The molecule has 1 rings (SSSR count). The quantitative estimate of drug-likeness (QED) is 0.580. The van der Waals surface area contributed by atoms with Crippen LogP contribution in [0.1, 0.15) is 26.3 Å². The van der Waals surface area contributed by atoms with Crippen molar-refractivity contribution in [2.45, 2.75) is 32.9 Å². The first-order chi connectivity index (χ1) is 5.88. The largest absolute Gasteiger partial charge is 0.493 e. The fourth-order valence-corrected chi connectivity index (χ4v) is 1.13. The monoisotopic (exact) mass is 185 g/mol. The zero-order valence-corrected chi connectivity index (χ0v) is 8.09. The normalized spacial score (nSPS) is 12.0. The highest BCUT2D eigenvalue weighted by atomic mass is 16.3. The Labute approximate surface area is 76.2 Å². The van der Waals surface area contributed by atoms with E-state index in [-0.39, 0.29) is 29.1 Å². The summed E-state index contributed by atoms with van der Waals surface area (Å²) in [6.07, 6.45) is 0. The molecule has 5 heteroatoms. The van der Waals surface area contributed by atoms with Gasteiger partial charge in [-0.1, -0.05) is 0 Å². The maximum Gasteiger partial charge on any atom is 0.272 e. The molecule has 1 aromatic heterocycles. The molecular weight excluding hydrogens is 170 g/mol. The van der Waals surface area contributed by atoms with E-state index in [1.165, 1.54) is 4.68 Å². The molecule has 0 unspecified atom stereocenters. The first kappa shape index (κ1) is 9.85. The molecule has 5 nitrogen and oxygen atoms in total. The van der Waals surface area contributed by atoms with Crippen molar-refractivity contribution in [2.24, 2.45) is 5.73 Å². The highest BCUT2D eigenvalue weighted by Crippen LogP contribution is 2.21. The molecular formula is C8H15N3O2. The molecule has 0 aliphatic carbocycles. The standard InChI is InChI=1S/C8H15N3O2/c1-8(2,3)11-7(13)5(4-9)6(12)10-11/h13H,4,9H2,1-3H3,(H,10,12). The van der Waals surface area contributed by atoms with Crippen LogP contribution in [0.25, 0.3) is 0 Å². The summed E-state index contributed by atoms with van der Waals surface area (Å²) in [4.78, 5) is 11.2. The van der Waals surface area contributed by atoms with Gasteiger partial charge in [0.25, 0.3) is 5.56 Å². The Morgan fingerprint density at radius 2 is 2.08 bits per heavy atom. The zero-order valence-electron chi connectivity index (χ0n) is 8.09. The third-order valence-corrected chi connectivity index (χ3v) is 1.84. The Kier molecular flexibility index (Phi) is 2.21. The molecule has 0 aliphatic rings. The molecule has 0 spiro atoms. The number of aromatic amines is 1. The maximum absolute atomic E-state index is 11.2. The number of H-pyrrole nitrogens is 1. The predicted octanol–water partition coefficient (Wildman–Crippen LogP) is 0.0957. The SMILES string of the molecule is CC(C)(C)n1[nH]c(=O)c(CN)c1O. The van der Waals surface area contributed by atoms with E-state index in [4.69, 9.17) is 5.73 Å². The summed E-state index contributed by atoms with van der Waals surface area (Å²) in [5, 5.41) is 12.1.